The zero-order chi connectivity index (χ0) is 10.9. The molecule has 0 bridgehead atoms. The van der Waals surface area contributed by atoms with E-state index in [2.05, 4.69) is 19.2 Å². The van der Waals surface area contributed by atoms with Gasteiger partial charge >= 0.3 is 0 Å². The largest absolute Gasteiger partial charge is 0.381 e. The summed E-state index contributed by atoms with van der Waals surface area (Å²) in [6.45, 7) is 8.79. The van der Waals surface area contributed by atoms with Crippen molar-refractivity contribution >= 4 is 0 Å². The standard InChI is InChI=1S/C13H27NO/c1-12(2)5-3-8-14-9-4-10-15-11-13-6-7-13/h12-14H,3-11H2,1-2H3. The fourth-order valence-electron chi connectivity index (χ4n) is 1.59. The molecule has 0 aromatic heterocycles. The third-order valence-electron chi connectivity index (χ3n) is 2.83. The molecule has 0 radical (unpaired) electrons. The Hall–Kier alpha value is -0.0800. The van der Waals surface area contributed by atoms with Crippen molar-refractivity contribution in [1.82, 2.24) is 5.32 Å². The first-order valence-electron chi connectivity index (χ1n) is 6.57. The van der Waals surface area contributed by atoms with Gasteiger partial charge in [-0.15, -0.1) is 0 Å². The van der Waals surface area contributed by atoms with E-state index in [1.807, 2.05) is 0 Å². The molecular formula is C13H27NO. The fourth-order valence-corrected chi connectivity index (χ4v) is 1.59. The van der Waals surface area contributed by atoms with Crippen LogP contribution in [-0.4, -0.2) is 26.3 Å². The summed E-state index contributed by atoms with van der Waals surface area (Å²) in [5.41, 5.74) is 0. The fraction of sp³-hybridized carbons (Fsp3) is 1.00. The first-order chi connectivity index (χ1) is 7.29. The number of ether oxygens (including phenoxy) is 1. The summed E-state index contributed by atoms with van der Waals surface area (Å²) < 4.78 is 5.56. The van der Waals surface area contributed by atoms with Crippen molar-refractivity contribution in [3.8, 4) is 0 Å². The molecule has 0 aromatic rings. The van der Waals surface area contributed by atoms with E-state index in [0.29, 0.717) is 0 Å². The number of hydrogen-bond donors (Lipinski definition) is 1. The Bertz CT molecular complexity index is 135. The molecule has 0 aromatic carbocycles. The Kier molecular flexibility index (Phi) is 7.03. The zero-order valence-electron chi connectivity index (χ0n) is 10.4. The van der Waals surface area contributed by atoms with Crippen molar-refractivity contribution in [3.63, 3.8) is 0 Å². The van der Waals surface area contributed by atoms with Gasteiger partial charge in [0.05, 0.1) is 0 Å². The molecule has 1 aliphatic rings. The number of hydrogen-bond acceptors (Lipinski definition) is 2. The van der Waals surface area contributed by atoms with Crippen molar-refractivity contribution in [1.29, 1.82) is 0 Å². The highest BCUT2D eigenvalue weighted by molar-refractivity contribution is 4.71. The van der Waals surface area contributed by atoms with Crippen molar-refractivity contribution < 1.29 is 4.74 Å². The molecule has 1 saturated carbocycles. The predicted molar refractivity (Wildman–Crippen MR) is 65.1 cm³/mol. The third kappa shape index (κ3) is 8.88. The monoisotopic (exact) mass is 213 g/mol. The minimum absolute atomic E-state index is 0.841. The molecule has 0 atom stereocenters. The number of nitrogens with one attached hydrogen (secondary N) is 1. The maximum absolute atomic E-state index is 5.56. The Balaban J connectivity index is 1.65. The maximum atomic E-state index is 5.56. The van der Waals surface area contributed by atoms with Gasteiger partial charge in [-0.05, 0) is 57.0 Å². The summed E-state index contributed by atoms with van der Waals surface area (Å²) in [7, 11) is 0. The lowest BCUT2D eigenvalue weighted by molar-refractivity contribution is 0.122. The zero-order valence-corrected chi connectivity index (χ0v) is 10.4. The molecule has 0 aliphatic heterocycles. The van der Waals surface area contributed by atoms with Crippen LogP contribution in [0.15, 0.2) is 0 Å². The maximum Gasteiger partial charge on any atom is 0.0494 e. The van der Waals surface area contributed by atoms with E-state index in [0.717, 1.165) is 38.0 Å². The molecule has 0 unspecified atom stereocenters. The van der Waals surface area contributed by atoms with Crippen molar-refractivity contribution in [2.45, 2.75) is 46.0 Å². The molecule has 1 aliphatic carbocycles. The summed E-state index contributed by atoms with van der Waals surface area (Å²) in [4.78, 5) is 0. The van der Waals surface area contributed by atoms with Crippen LogP contribution in [0.25, 0.3) is 0 Å². The van der Waals surface area contributed by atoms with Crippen LogP contribution in [0, 0.1) is 11.8 Å². The quantitative estimate of drug-likeness (QED) is 0.563. The van der Waals surface area contributed by atoms with E-state index >= 15 is 0 Å². The molecular weight excluding hydrogens is 186 g/mol. The summed E-state index contributed by atoms with van der Waals surface area (Å²) in [6, 6.07) is 0. The van der Waals surface area contributed by atoms with Gasteiger partial charge in [0.25, 0.3) is 0 Å². The van der Waals surface area contributed by atoms with Gasteiger partial charge in [0.1, 0.15) is 0 Å². The van der Waals surface area contributed by atoms with E-state index in [1.165, 1.54) is 32.2 Å². The van der Waals surface area contributed by atoms with Gasteiger partial charge in [-0.1, -0.05) is 13.8 Å². The second kappa shape index (κ2) is 8.12. The summed E-state index contributed by atoms with van der Waals surface area (Å²) >= 11 is 0. The van der Waals surface area contributed by atoms with Crippen molar-refractivity contribution in [2.75, 3.05) is 26.3 Å². The van der Waals surface area contributed by atoms with Gasteiger partial charge in [0.2, 0.25) is 0 Å². The Morgan fingerprint density at radius 3 is 2.60 bits per heavy atom. The molecule has 2 nitrogen and oxygen atoms in total. The van der Waals surface area contributed by atoms with Crippen LogP contribution in [0.5, 0.6) is 0 Å². The highest BCUT2D eigenvalue weighted by Crippen LogP contribution is 2.28. The second-order valence-corrected chi connectivity index (χ2v) is 5.16. The van der Waals surface area contributed by atoms with E-state index in [4.69, 9.17) is 4.74 Å². The normalized spacial score (nSPS) is 16.2. The molecule has 0 heterocycles. The van der Waals surface area contributed by atoms with Crippen LogP contribution < -0.4 is 5.32 Å². The molecule has 0 spiro atoms. The summed E-state index contributed by atoms with van der Waals surface area (Å²) in [5.74, 6) is 1.75. The minimum atomic E-state index is 0.841. The van der Waals surface area contributed by atoms with Gasteiger partial charge in [-0.3, -0.25) is 0 Å². The van der Waals surface area contributed by atoms with Crippen LogP contribution in [0.2, 0.25) is 0 Å². The van der Waals surface area contributed by atoms with E-state index in [1.54, 1.807) is 0 Å². The van der Waals surface area contributed by atoms with Gasteiger partial charge in [0, 0.05) is 13.2 Å². The molecule has 0 amide bonds. The first kappa shape index (κ1) is 13.0. The first-order valence-corrected chi connectivity index (χ1v) is 6.57. The van der Waals surface area contributed by atoms with Crippen molar-refractivity contribution in [2.24, 2.45) is 11.8 Å². The molecule has 1 N–H and O–H groups in total. The van der Waals surface area contributed by atoms with E-state index < -0.39 is 0 Å². The average Bonchev–Trinajstić information content (AvgIpc) is 2.98. The van der Waals surface area contributed by atoms with Gasteiger partial charge in [-0.25, -0.2) is 0 Å². The summed E-state index contributed by atoms with van der Waals surface area (Å²) in [6.07, 6.45) is 6.60. The molecule has 15 heavy (non-hydrogen) atoms. The third-order valence-corrected chi connectivity index (χ3v) is 2.83. The smallest absolute Gasteiger partial charge is 0.0494 e. The lowest BCUT2D eigenvalue weighted by atomic mass is 10.1. The van der Waals surface area contributed by atoms with E-state index in [9.17, 15) is 0 Å². The van der Waals surface area contributed by atoms with Gasteiger partial charge in [-0.2, -0.15) is 0 Å². The van der Waals surface area contributed by atoms with Crippen LogP contribution in [0.4, 0.5) is 0 Å². The molecule has 2 heteroatoms. The van der Waals surface area contributed by atoms with Crippen LogP contribution in [0.3, 0.4) is 0 Å². The van der Waals surface area contributed by atoms with E-state index in [-0.39, 0.29) is 0 Å². The number of rotatable bonds is 10. The highest BCUT2D eigenvalue weighted by Gasteiger charge is 2.20. The van der Waals surface area contributed by atoms with Gasteiger partial charge in [0.15, 0.2) is 0 Å². The topological polar surface area (TPSA) is 21.3 Å². The predicted octanol–water partition coefficient (Wildman–Crippen LogP) is 2.83. The minimum Gasteiger partial charge on any atom is -0.381 e. The molecule has 0 saturated heterocycles. The molecule has 1 rings (SSSR count). The van der Waals surface area contributed by atoms with Crippen LogP contribution in [0.1, 0.15) is 46.0 Å². The highest BCUT2D eigenvalue weighted by atomic mass is 16.5. The van der Waals surface area contributed by atoms with Gasteiger partial charge < -0.3 is 10.1 Å². The Morgan fingerprint density at radius 1 is 1.20 bits per heavy atom. The van der Waals surface area contributed by atoms with Crippen LogP contribution >= 0.6 is 0 Å². The molecule has 1 fully saturated rings. The Morgan fingerprint density at radius 2 is 1.93 bits per heavy atom. The summed E-state index contributed by atoms with van der Waals surface area (Å²) in [5, 5.41) is 3.46. The molecule has 90 valence electrons. The lowest BCUT2D eigenvalue weighted by Crippen LogP contribution is -2.18. The Labute approximate surface area is 94.8 Å². The lowest BCUT2D eigenvalue weighted by Gasteiger charge is -2.06. The average molecular weight is 213 g/mol. The SMILES string of the molecule is CC(C)CCCNCCCOCC1CC1. The van der Waals surface area contributed by atoms with Crippen molar-refractivity contribution in [3.05, 3.63) is 0 Å². The van der Waals surface area contributed by atoms with Crippen LogP contribution in [-0.2, 0) is 4.74 Å². The second-order valence-electron chi connectivity index (χ2n) is 5.16.